The fourth-order valence-electron chi connectivity index (χ4n) is 2.53. The monoisotopic (exact) mass is 316 g/mol. The largest absolute Gasteiger partial charge is 0.461 e. The third-order valence-electron chi connectivity index (χ3n) is 3.77. The Morgan fingerprint density at radius 2 is 1.96 bits per heavy atom. The van der Waals surface area contributed by atoms with Gasteiger partial charge in [0, 0.05) is 25.4 Å². The van der Waals surface area contributed by atoms with Crippen molar-refractivity contribution < 1.29 is 18.2 Å². The van der Waals surface area contributed by atoms with Crippen LogP contribution in [0.25, 0.3) is 11.6 Å². The molecule has 8 heteroatoms. The van der Waals surface area contributed by atoms with Crippen LogP contribution in [0.1, 0.15) is 36.4 Å². The van der Waals surface area contributed by atoms with Gasteiger partial charge in [0.05, 0.1) is 12.9 Å². The highest BCUT2D eigenvalue weighted by molar-refractivity contribution is 5.44. The van der Waals surface area contributed by atoms with Crippen molar-refractivity contribution in [2.45, 2.75) is 31.6 Å². The van der Waals surface area contributed by atoms with E-state index in [9.17, 15) is 0 Å². The van der Waals surface area contributed by atoms with Gasteiger partial charge in [0.1, 0.15) is 0 Å². The van der Waals surface area contributed by atoms with Crippen LogP contribution in [0, 0.1) is 0 Å². The van der Waals surface area contributed by atoms with Gasteiger partial charge in [-0.15, -0.1) is 0 Å². The summed E-state index contributed by atoms with van der Waals surface area (Å²) < 4.78 is 21.1. The van der Waals surface area contributed by atoms with Crippen molar-refractivity contribution in [3.8, 4) is 11.6 Å². The van der Waals surface area contributed by atoms with Gasteiger partial charge in [-0.05, 0) is 25.0 Å². The predicted molar refractivity (Wildman–Crippen MR) is 76.5 cm³/mol. The Morgan fingerprint density at radius 1 is 1.09 bits per heavy atom. The zero-order valence-electron chi connectivity index (χ0n) is 12.5. The van der Waals surface area contributed by atoms with E-state index in [4.69, 9.17) is 18.2 Å². The summed E-state index contributed by atoms with van der Waals surface area (Å²) in [4.78, 5) is 8.73. The van der Waals surface area contributed by atoms with Crippen molar-refractivity contribution in [2.75, 3.05) is 13.2 Å². The highest BCUT2D eigenvalue weighted by Gasteiger charge is 2.23. The molecule has 1 aliphatic rings. The predicted octanol–water partition coefficient (Wildman–Crippen LogP) is 2.39. The van der Waals surface area contributed by atoms with Gasteiger partial charge in [-0.25, -0.2) is 0 Å². The third-order valence-corrected chi connectivity index (χ3v) is 3.77. The van der Waals surface area contributed by atoms with Gasteiger partial charge in [-0.3, -0.25) is 0 Å². The second kappa shape index (κ2) is 6.33. The van der Waals surface area contributed by atoms with Crippen molar-refractivity contribution in [3.63, 3.8) is 0 Å². The molecule has 120 valence electrons. The third kappa shape index (κ3) is 3.16. The average molecular weight is 316 g/mol. The molecule has 3 aromatic heterocycles. The van der Waals surface area contributed by atoms with E-state index in [0.29, 0.717) is 42.8 Å². The van der Waals surface area contributed by atoms with Crippen LogP contribution >= 0.6 is 0 Å². The molecule has 0 amide bonds. The van der Waals surface area contributed by atoms with Gasteiger partial charge in [0.15, 0.2) is 11.6 Å². The second-order valence-corrected chi connectivity index (χ2v) is 5.45. The van der Waals surface area contributed by atoms with E-state index in [-0.39, 0.29) is 5.92 Å². The molecule has 1 atom stereocenters. The number of ether oxygens (including phenoxy) is 1. The summed E-state index contributed by atoms with van der Waals surface area (Å²) in [5.41, 5.74) is 0. The number of aryl methyl sites for hydroxylation is 2. The molecule has 4 rings (SSSR count). The van der Waals surface area contributed by atoms with Crippen LogP contribution in [0.5, 0.6) is 0 Å². The van der Waals surface area contributed by atoms with E-state index in [1.807, 2.05) is 0 Å². The highest BCUT2D eigenvalue weighted by atomic mass is 16.5. The smallest absolute Gasteiger partial charge is 0.238 e. The van der Waals surface area contributed by atoms with Crippen LogP contribution in [0.2, 0.25) is 0 Å². The molecule has 0 saturated carbocycles. The Morgan fingerprint density at radius 3 is 2.74 bits per heavy atom. The molecular weight excluding hydrogens is 300 g/mol. The maximum absolute atomic E-state index is 5.34. The van der Waals surface area contributed by atoms with Crippen LogP contribution < -0.4 is 0 Å². The lowest BCUT2D eigenvalue weighted by Gasteiger charge is -1.97. The summed E-state index contributed by atoms with van der Waals surface area (Å²) in [7, 11) is 0. The molecule has 0 spiro atoms. The Bertz CT molecular complexity index is 743. The molecule has 0 N–H and O–H groups in total. The first kappa shape index (κ1) is 14.1. The van der Waals surface area contributed by atoms with Crippen LogP contribution in [0.3, 0.4) is 0 Å². The summed E-state index contributed by atoms with van der Waals surface area (Å²) >= 11 is 0. The van der Waals surface area contributed by atoms with Crippen molar-refractivity contribution in [1.29, 1.82) is 0 Å². The van der Waals surface area contributed by atoms with Gasteiger partial charge in [0.2, 0.25) is 17.6 Å². The maximum atomic E-state index is 5.34. The van der Waals surface area contributed by atoms with Gasteiger partial charge in [0.25, 0.3) is 0 Å². The molecular formula is C15H16N4O4. The van der Waals surface area contributed by atoms with Crippen molar-refractivity contribution in [1.82, 2.24) is 20.3 Å². The molecule has 4 heterocycles. The number of nitrogens with zero attached hydrogens (tertiary/aromatic N) is 4. The number of furan rings is 1. The summed E-state index contributed by atoms with van der Waals surface area (Å²) in [5, 5.41) is 7.93. The fourth-order valence-corrected chi connectivity index (χ4v) is 2.53. The molecule has 23 heavy (non-hydrogen) atoms. The molecule has 3 aromatic rings. The standard InChI is InChI=1S/C15H16N4O4/c1(4-12-16-14(18-22-12)10-6-8-20-9-10)5-13-17-15(19-23-13)11-3-2-7-21-11/h2-3,7,10H,1,4-6,8-9H2. The first-order valence-corrected chi connectivity index (χ1v) is 7.65. The van der Waals surface area contributed by atoms with E-state index in [0.717, 1.165) is 25.3 Å². The lowest BCUT2D eigenvalue weighted by atomic mass is 10.1. The molecule has 1 saturated heterocycles. The quantitative estimate of drug-likeness (QED) is 0.683. The minimum absolute atomic E-state index is 0.263. The zero-order valence-corrected chi connectivity index (χ0v) is 12.5. The number of rotatable bonds is 6. The van der Waals surface area contributed by atoms with Gasteiger partial charge in [-0.2, -0.15) is 9.97 Å². The molecule has 1 unspecified atom stereocenters. The first-order chi connectivity index (χ1) is 11.4. The van der Waals surface area contributed by atoms with Crippen molar-refractivity contribution in [3.05, 3.63) is 36.0 Å². The Labute approximate surface area is 131 Å². The molecule has 0 aromatic carbocycles. The zero-order chi connectivity index (χ0) is 15.5. The molecule has 1 aliphatic heterocycles. The van der Waals surface area contributed by atoms with Gasteiger partial charge >= 0.3 is 0 Å². The van der Waals surface area contributed by atoms with Crippen LogP contribution in [-0.4, -0.2) is 33.5 Å². The normalized spacial score (nSPS) is 17.8. The number of hydrogen-bond acceptors (Lipinski definition) is 8. The molecule has 0 aliphatic carbocycles. The van der Waals surface area contributed by atoms with Gasteiger partial charge in [-0.1, -0.05) is 10.3 Å². The second-order valence-electron chi connectivity index (χ2n) is 5.45. The highest BCUT2D eigenvalue weighted by Crippen LogP contribution is 2.22. The molecule has 1 fully saturated rings. The molecule has 0 bridgehead atoms. The summed E-state index contributed by atoms with van der Waals surface area (Å²) in [6.45, 7) is 1.44. The summed E-state index contributed by atoms with van der Waals surface area (Å²) in [6, 6.07) is 3.58. The van der Waals surface area contributed by atoms with E-state index in [1.165, 1.54) is 0 Å². The minimum atomic E-state index is 0.263. The van der Waals surface area contributed by atoms with Crippen LogP contribution in [-0.2, 0) is 17.6 Å². The van der Waals surface area contributed by atoms with Gasteiger partial charge < -0.3 is 18.2 Å². The van der Waals surface area contributed by atoms with Crippen molar-refractivity contribution >= 4 is 0 Å². The lowest BCUT2D eigenvalue weighted by Crippen LogP contribution is -2.00. The van der Waals surface area contributed by atoms with E-state index in [2.05, 4.69) is 20.3 Å². The Balaban J connectivity index is 1.30. The van der Waals surface area contributed by atoms with Crippen LogP contribution in [0.4, 0.5) is 0 Å². The average Bonchev–Trinajstić information content (AvgIpc) is 3.33. The Hall–Kier alpha value is -2.48. The number of aromatic nitrogens is 4. The van der Waals surface area contributed by atoms with Crippen molar-refractivity contribution in [2.24, 2.45) is 0 Å². The topological polar surface area (TPSA) is 100 Å². The lowest BCUT2D eigenvalue weighted by molar-refractivity contribution is 0.192. The first-order valence-electron chi connectivity index (χ1n) is 7.65. The Kier molecular flexibility index (Phi) is 3.89. The van der Waals surface area contributed by atoms with Crippen LogP contribution in [0.15, 0.2) is 31.9 Å². The van der Waals surface area contributed by atoms with E-state index < -0.39 is 0 Å². The van der Waals surface area contributed by atoms with E-state index in [1.54, 1.807) is 18.4 Å². The number of hydrogen-bond donors (Lipinski definition) is 0. The summed E-state index contributed by atoms with van der Waals surface area (Å²) in [5.74, 6) is 3.28. The SMILES string of the molecule is c1coc(-c2noc(CCCc3nc(C4CCOC4)no3)n2)c1. The fraction of sp³-hybridized carbons (Fsp3) is 0.467. The minimum Gasteiger partial charge on any atom is -0.461 e. The summed E-state index contributed by atoms with van der Waals surface area (Å²) in [6.07, 6.45) is 4.66. The van der Waals surface area contributed by atoms with E-state index >= 15 is 0 Å². The molecule has 8 nitrogen and oxygen atoms in total. The maximum Gasteiger partial charge on any atom is 0.238 e. The molecule has 0 radical (unpaired) electrons.